The molecular weight excluding hydrogens is 759 g/mol. The fourth-order valence-corrected chi connectivity index (χ4v) is 9.75. The molecule has 2 aromatic heterocycles. The van der Waals surface area contributed by atoms with Crippen LogP contribution in [-0.4, -0.2) is 21.1 Å². The summed E-state index contributed by atoms with van der Waals surface area (Å²) in [4.78, 5) is 15.2. The van der Waals surface area contributed by atoms with E-state index in [1.807, 2.05) is 60.7 Å². The van der Waals surface area contributed by atoms with E-state index in [0.29, 0.717) is 17.5 Å². The fourth-order valence-electron chi connectivity index (χ4n) is 9.75. The van der Waals surface area contributed by atoms with Gasteiger partial charge in [-0.15, -0.1) is 0 Å². The number of hydrogen-bond donors (Lipinski definition) is 0. The van der Waals surface area contributed by atoms with Crippen LogP contribution in [0.1, 0.15) is 17.0 Å². The average molecular weight is 794 g/mol. The van der Waals surface area contributed by atoms with Crippen molar-refractivity contribution in [1.29, 1.82) is 0 Å². The van der Waals surface area contributed by atoms with E-state index in [0.717, 1.165) is 55.5 Å². The van der Waals surface area contributed by atoms with Crippen LogP contribution in [0.4, 0.5) is 0 Å². The maximum Gasteiger partial charge on any atom is 0.167 e. The number of para-hydroxylation sites is 2. The molecule has 0 N–H and O–H groups in total. The van der Waals surface area contributed by atoms with Gasteiger partial charge in [0.15, 0.2) is 17.5 Å². The molecular formula is C57H35N3O2. The van der Waals surface area contributed by atoms with E-state index in [-0.39, 0.29) is 12.0 Å². The molecule has 3 heterocycles. The molecule has 0 fully saturated rings. The molecule has 2 aliphatic rings. The van der Waals surface area contributed by atoms with Gasteiger partial charge in [0, 0.05) is 33.4 Å². The van der Waals surface area contributed by atoms with Gasteiger partial charge < -0.3 is 9.15 Å². The molecule has 0 saturated carbocycles. The van der Waals surface area contributed by atoms with Crippen LogP contribution in [0.15, 0.2) is 205 Å². The standard InChI is InChI=1S/C57H35N3O2/c1-2-12-35(13-3-1)55-58-56(60-57(59-55)47-21-10-20-46-45-18-8-9-22-50(45)62-54(46)47)36-26-24-34(25-27-36)39-19-11-23-52-53(39)49-33-38(29-31-51(49)61-52)37-28-30-44-42-16-5-4-14-40(42)41-15-6-7-17-43(41)48(44)32-37/h1-33,49,51H. The highest BCUT2D eigenvalue weighted by atomic mass is 16.5. The molecule has 1 aliphatic carbocycles. The van der Waals surface area contributed by atoms with Gasteiger partial charge in [0.25, 0.3) is 0 Å². The van der Waals surface area contributed by atoms with Gasteiger partial charge in [0.05, 0.1) is 5.56 Å². The average Bonchev–Trinajstić information content (AvgIpc) is 3.93. The first-order chi connectivity index (χ1) is 30.7. The molecule has 13 rings (SSSR count). The fraction of sp³-hybridized carbons (Fsp3) is 0.0351. The van der Waals surface area contributed by atoms with Crippen LogP contribution in [-0.2, 0) is 0 Å². The molecule has 0 amide bonds. The van der Waals surface area contributed by atoms with Crippen molar-refractivity contribution in [1.82, 2.24) is 15.0 Å². The van der Waals surface area contributed by atoms with Crippen molar-refractivity contribution < 1.29 is 9.15 Å². The van der Waals surface area contributed by atoms with Crippen molar-refractivity contribution in [3.05, 3.63) is 211 Å². The SMILES string of the molecule is C1=CC2Oc3cccc(-c4ccc(-c5nc(-c6ccccc6)nc(-c6cccc7c6oc6ccccc67)n5)cc4)c3C2C=C1c1ccc2c3ccccc3c3ccccc3c2c1. The summed E-state index contributed by atoms with van der Waals surface area (Å²) in [5, 5.41) is 9.76. The van der Waals surface area contributed by atoms with Crippen molar-refractivity contribution >= 4 is 59.8 Å². The number of aromatic nitrogens is 3. The number of rotatable bonds is 5. The van der Waals surface area contributed by atoms with Crippen LogP contribution < -0.4 is 4.74 Å². The van der Waals surface area contributed by atoms with Gasteiger partial charge in [-0.05, 0) is 84.9 Å². The van der Waals surface area contributed by atoms with Crippen LogP contribution in [0.5, 0.6) is 5.75 Å². The van der Waals surface area contributed by atoms with E-state index in [2.05, 4.69) is 140 Å². The van der Waals surface area contributed by atoms with Crippen LogP contribution in [0.3, 0.4) is 0 Å². The Morgan fingerprint density at radius 2 is 0.968 bits per heavy atom. The molecule has 290 valence electrons. The van der Waals surface area contributed by atoms with E-state index in [4.69, 9.17) is 24.1 Å². The molecule has 2 unspecified atom stereocenters. The third-order valence-electron chi connectivity index (χ3n) is 12.7. The lowest BCUT2D eigenvalue weighted by atomic mass is 9.83. The first kappa shape index (κ1) is 34.7. The van der Waals surface area contributed by atoms with E-state index >= 15 is 0 Å². The number of allylic oxidation sites excluding steroid dienone is 2. The van der Waals surface area contributed by atoms with Gasteiger partial charge >= 0.3 is 0 Å². The van der Waals surface area contributed by atoms with Gasteiger partial charge in [-0.1, -0.05) is 170 Å². The summed E-state index contributed by atoms with van der Waals surface area (Å²) in [5.74, 6) is 2.75. The predicted molar refractivity (Wildman–Crippen MR) is 252 cm³/mol. The highest BCUT2D eigenvalue weighted by molar-refractivity contribution is 6.25. The third kappa shape index (κ3) is 5.45. The van der Waals surface area contributed by atoms with Crippen LogP contribution in [0.25, 0.3) is 105 Å². The Balaban J connectivity index is 0.884. The third-order valence-corrected chi connectivity index (χ3v) is 12.7. The van der Waals surface area contributed by atoms with Gasteiger partial charge in [-0.2, -0.15) is 0 Å². The lowest BCUT2D eigenvalue weighted by Gasteiger charge is -2.20. The smallest absolute Gasteiger partial charge is 0.167 e. The summed E-state index contributed by atoms with van der Waals surface area (Å²) in [6.07, 6.45) is 6.78. The molecule has 0 radical (unpaired) electrons. The zero-order chi connectivity index (χ0) is 40.7. The molecule has 62 heavy (non-hydrogen) atoms. The Bertz CT molecular complexity index is 3640. The van der Waals surface area contributed by atoms with Crippen molar-refractivity contribution in [2.75, 3.05) is 0 Å². The molecule has 0 saturated heterocycles. The van der Waals surface area contributed by atoms with Gasteiger partial charge in [-0.25, -0.2) is 15.0 Å². The Morgan fingerprint density at radius 1 is 0.403 bits per heavy atom. The zero-order valence-electron chi connectivity index (χ0n) is 33.4. The van der Waals surface area contributed by atoms with Gasteiger partial charge in [0.1, 0.15) is 23.0 Å². The summed E-state index contributed by atoms with van der Waals surface area (Å²) in [7, 11) is 0. The zero-order valence-corrected chi connectivity index (χ0v) is 33.4. The summed E-state index contributed by atoms with van der Waals surface area (Å²) >= 11 is 0. The normalized spacial score (nSPS) is 15.6. The van der Waals surface area contributed by atoms with E-state index < -0.39 is 0 Å². The van der Waals surface area contributed by atoms with Crippen molar-refractivity contribution in [2.45, 2.75) is 12.0 Å². The number of furan rings is 1. The predicted octanol–water partition coefficient (Wildman–Crippen LogP) is 14.4. The number of fused-ring (bicyclic) bond motifs is 12. The molecule has 9 aromatic carbocycles. The quantitative estimate of drug-likeness (QED) is 0.162. The largest absolute Gasteiger partial charge is 0.485 e. The minimum absolute atomic E-state index is 0.0606. The monoisotopic (exact) mass is 793 g/mol. The summed E-state index contributed by atoms with van der Waals surface area (Å²) in [5.41, 5.74) is 10.1. The second kappa shape index (κ2) is 13.7. The minimum Gasteiger partial charge on any atom is -0.485 e. The highest BCUT2D eigenvalue weighted by Crippen LogP contribution is 2.48. The van der Waals surface area contributed by atoms with Crippen molar-refractivity contribution in [2.24, 2.45) is 0 Å². The molecule has 0 spiro atoms. The molecule has 11 aromatic rings. The summed E-state index contributed by atoms with van der Waals surface area (Å²) in [6.45, 7) is 0. The molecule has 0 bridgehead atoms. The first-order valence-electron chi connectivity index (χ1n) is 21.1. The van der Waals surface area contributed by atoms with Gasteiger partial charge in [-0.3, -0.25) is 0 Å². The molecule has 2 atom stereocenters. The van der Waals surface area contributed by atoms with E-state index in [1.54, 1.807) is 0 Å². The number of benzene rings is 9. The second-order valence-electron chi connectivity index (χ2n) is 16.2. The van der Waals surface area contributed by atoms with Gasteiger partial charge in [0.2, 0.25) is 0 Å². The van der Waals surface area contributed by atoms with Crippen molar-refractivity contribution in [3.8, 4) is 51.0 Å². The Kier molecular flexibility index (Phi) is 7.66. The second-order valence-corrected chi connectivity index (χ2v) is 16.2. The number of hydrogen-bond acceptors (Lipinski definition) is 5. The van der Waals surface area contributed by atoms with Crippen molar-refractivity contribution in [3.63, 3.8) is 0 Å². The van der Waals surface area contributed by atoms with Crippen LogP contribution in [0.2, 0.25) is 0 Å². The minimum atomic E-state index is -0.0735. The summed E-state index contributed by atoms with van der Waals surface area (Å²) < 4.78 is 13.0. The lowest BCUT2D eigenvalue weighted by Crippen LogP contribution is -2.17. The Labute approximate surface area is 356 Å². The maximum absolute atomic E-state index is 6.62. The highest BCUT2D eigenvalue weighted by Gasteiger charge is 2.36. The molecule has 5 nitrogen and oxygen atoms in total. The Morgan fingerprint density at radius 3 is 1.73 bits per heavy atom. The first-order valence-corrected chi connectivity index (χ1v) is 21.1. The van der Waals surface area contributed by atoms with Crippen LogP contribution >= 0.6 is 0 Å². The number of nitrogens with zero attached hydrogens (tertiary/aromatic N) is 3. The van der Waals surface area contributed by atoms with E-state index in [9.17, 15) is 0 Å². The van der Waals surface area contributed by atoms with E-state index in [1.165, 1.54) is 49.0 Å². The molecule has 5 heteroatoms. The molecule has 1 aliphatic heterocycles. The summed E-state index contributed by atoms with van der Waals surface area (Å²) in [6, 6.07) is 63.7. The number of ether oxygens (including phenoxy) is 1. The maximum atomic E-state index is 6.62. The lowest BCUT2D eigenvalue weighted by molar-refractivity contribution is 0.269. The topological polar surface area (TPSA) is 61.0 Å². The Hall–Kier alpha value is -8.15. The van der Waals surface area contributed by atoms with Crippen LogP contribution in [0, 0.1) is 0 Å².